The summed E-state index contributed by atoms with van der Waals surface area (Å²) in [6.07, 6.45) is 6.71. The van der Waals surface area contributed by atoms with Crippen LogP contribution in [0.15, 0.2) is 65.6 Å². The molecule has 1 fully saturated rings. The van der Waals surface area contributed by atoms with E-state index < -0.39 is 40.3 Å². The number of hydrogen-bond donors (Lipinski definition) is 2. The average Bonchev–Trinajstić information content (AvgIpc) is 3.12. The Bertz CT molecular complexity index is 1470. The monoisotopic (exact) mass is 469 g/mol. The Hall–Kier alpha value is -4.05. The van der Waals surface area contributed by atoms with Crippen LogP contribution in [-0.4, -0.2) is 34.5 Å². The van der Waals surface area contributed by atoms with Gasteiger partial charge in [-0.15, -0.1) is 0 Å². The molecule has 0 radical (unpaired) electrons. The molecule has 34 heavy (non-hydrogen) atoms. The lowest BCUT2D eigenvalue weighted by molar-refractivity contribution is 0.144. The molecule has 0 saturated carbocycles. The molecule has 3 aromatic rings. The van der Waals surface area contributed by atoms with Crippen LogP contribution in [0.1, 0.15) is 0 Å². The van der Waals surface area contributed by atoms with Crippen LogP contribution in [0.25, 0.3) is 16.6 Å². The Labute approximate surface area is 190 Å². The number of benzene rings is 2. The van der Waals surface area contributed by atoms with Crippen LogP contribution in [-0.2, 0) is 0 Å². The summed E-state index contributed by atoms with van der Waals surface area (Å²) in [6, 6.07) is 5.09. The Morgan fingerprint density at radius 2 is 1.88 bits per heavy atom. The number of carboxylic acid groups (broad SMARTS) is 1. The van der Waals surface area contributed by atoms with Crippen LogP contribution in [0, 0.1) is 23.4 Å². The summed E-state index contributed by atoms with van der Waals surface area (Å²) in [6.45, 7) is 0.714. The molecule has 7 nitrogen and oxygen atoms in total. The minimum atomic E-state index is -1.77. The van der Waals surface area contributed by atoms with Crippen molar-refractivity contribution in [2.45, 2.75) is 5.54 Å². The summed E-state index contributed by atoms with van der Waals surface area (Å²) in [5.74, 6) is -3.25. The number of hydrogen-bond acceptors (Lipinski definition) is 5. The molecule has 0 amide bonds. The first-order valence-corrected chi connectivity index (χ1v) is 10.3. The minimum Gasteiger partial charge on any atom is -0.449 e. The van der Waals surface area contributed by atoms with Gasteiger partial charge in [-0.1, -0.05) is 24.3 Å². The predicted octanol–water partition coefficient (Wildman–Crippen LogP) is 3.72. The number of carbonyl (C=O) groups is 1. The van der Waals surface area contributed by atoms with Crippen LogP contribution in [0.5, 0.6) is 5.75 Å². The standard InChI is InChI=1S/C24H18F3N3O4/c25-14-4-5-18(16(26)7-14)30-11-21(34-23(32)33)22(31)15-8-17(27)20(9-19(15)30)29-10-13-3-1-2-6-24(13,28)12-29/h1-9,11,13H,10,12,28H2,(H,32,33). The summed E-state index contributed by atoms with van der Waals surface area (Å²) in [5.41, 5.74) is 4.93. The Morgan fingerprint density at radius 3 is 2.59 bits per heavy atom. The topological polar surface area (TPSA) is 97.8 Å². The molecule has 1 saturated heterocycles. The van der Waals surface area contributed by atoms with Gasteiger partial charge in [0.05, 0.1) is 34.0 Å². The average molecular weight is 469 g/mol. The molecule has 2 heterocycles. The second-order valence-corrected chi connectivity index (χ2v) is 8.32. The number of nitrogens with zero attached hydrogens (tertiary/aromatic N) is 2. The second-order valence-electron chi connectivity index (χ2n) is 8.32. The maximum absolute atomic E-state index is 15.3. The fourth-order valence-electron chi connectivity index (χ4n) is 4.55. The van der Waals surface area contributed by atoms with E-state index in [-0.39, 0.29) is 28.2 Å². The van der Waals surface area contributed by atoms with Gasteiger partial charge in [0.1, 0.15) is 17.5 Å². The molecule has 1 aromatic heterocycles. The minimum absolute atomic E-state index is 0.0596. The van der Waals surface area contributed by atoms with Crippen LogP contribution >= 0.6 is 0 Å². The van der Waals surface area contributed by atoms with E-state index in [1.807, 2.05) is 24.3 Å². The van der Waals surface area contributed by atoms with Gasteiger partial charge >= 0.3 is 6.16 Å². The van der Waals surface area contributed by atoms with E-state index in [1.165, 1.54) is 6.07 Å². The lowest BCUT2D eigenvalue weighted by atomic mass is 9.85. The van der Waals surface area contributed by atoms with E-state index in [2.05, 4.69) is 4.74 Å². The fraction of sp³-hybridized carbons (Fsp3) is 0.167. The zero-order valence-electron chi connectivity index (χ0n) is 17.5. The van der Waals surface area contributed by atoms with Crippen LogP contribution < -0.4 is 20.8 Å². The lowest BCUT2D eigenvalue weighted by Gasteiger charge is -2.26. The van der Waals surface area contributed by atoms with Gasteiger partial charge in [-0.25, -0.2) is 18.0 Å². The van der Waals surface area contributed by atoms with Crippen molar-refractivity contribution in [2.75, 3.05) is 18.0 Å². The number of rotatable bonds is 3. The van der Waals surface area contributed by atoms with Crippen molar-refractivity contribution in [3.63, 3.8) is 0 Å². The van der Waals surface area contributed by atoms with E-state index >= 15 is 4.39 Å². The largest absolute Gasteiger partial charge is 0.511 e. The molecule has 2 atom stereocenters. The molecule has 3 N–H and O–H groups in total. The van der Waals surface area contributed by atoms with Crippen molar-refractivity contribution in [1.82, 2.24) is 4.57 Å². The summed E-state index contributed by atoms with van der Waals surface area (Å²) < 4.78 is 49.1. The molecule has 2 aliphatic rings. The maximum Gasteiger partial charge on any atom is 0.511 e. The number of halogens is 3. The lowest BCUT2D eigenvalue weighted by Crippen LogP contribution is -2.46. The van der Waals surface area contributed by atoms with Crippen molar-refractivity contribution in [3.05, 3.63) is 88.5 Å². The first-order valence-electron chi connectivity index (χ1n) is 10.3. The van der Waals surface area contributed by atoms with Crippen LogP contribution in [0.2, 0.25) is 0 Å². The number of fused-ring (bicyclic) bond motifs is 2. The first kappa shape index (κ1) is 21.8. The van der Waals surface area contributed by atoms with E-state index in [9.17, 15) is 18.4 Å². The van der Waals surface area contributed by atoms with Crippen LogP contribution in [0.3, 0.4) is 0 Å². The normalized spacial score (nSPS) is 21.2. The van der Waals surface area contributed by atoms with E-state index in [1.54, 1.807) is 4.90 Å². The summed E-state index contributed by atoms with van der Waals surface area (Å²) in [7, 11) is 0. The molecule has 0 bridgehead atoms. The number of allylic oxidation sites excluding steroid dienone is 2. The smallest absolute Gasteiger partial charge is 0.449 e. The molecule has 2 unspecified atom stereocenters. The van der Waals surface area contributed by atoms with Crippen molar-refractivity contribution in [1.29, 1.82) is 0 Å². The third kappa shape index (κ3) is 3.52. The first-order chi connectivity index (χ1) is 16.2. The van der Waals surface area contributed by atoms with Gasteiger partial charge < -0.3 is 25.0 Å². The highest BCUT2D eigenvalue weighted by Gasteiger charge is 2.42. The number of pyridine rings is 1. The van der Waals surface area contributed by atoms with E-state index in [0.717, 1.165) is 29.0 Å². The number of aromatic nitrogens is 1. The molecule has 1 aliphatic carbocycles. The van der Waals surface area contributed by atoms with Crippen molar-refractivity contribution in [2.24, 2.45) is 11.7 Å². The maximum atomic E-state index is 15.3. The van der Waals surface area contributed by atoms with Gasteiger partial charge in [0, 0.05) is 25.1 Å². The molecule has 174 valence electrons. The van der Waals surface area contributed by atoms with Gasteiger partial charge in [0.15, 0.2) is 5.75 Å². The molecule has 10 heteroatoms. The van der Waals surface area contributed by atoms with Crippen molar-refractivity contribution in [3.8, 4) is 11.4 Å². The van der Waals surface area contributed by atoms with E-state index in [0.29, 0.717) is 19.2 Å². The molecule has 0 spiro atoms. The molecule has 5 rings (SSSR count). The van der Waals surface area contributed by atoms with Crippen molar-refractivity contribution < 1.29 is 27.8 Å². The SMILES string of the molecule is NC12C=CC=CC1CN(c1cc3c(cc1F)c(=O)c(OC(=O)O)cn3-c1ccc(F)cc1F)C2. The number of ether oxygens (including phenoxy) is 1. The molecular formula is C24H18F3N3O4. The zero-order valence-corrected chi connectivity index (χ0v) is 17.5. The van der Waals surface area contributed by atoms with Gasteiger partial charge in [-0.2, -0.15) is 0 Å². The summed E-state index contributed by atoms with van der Waals surface area (Å²) >= 11 is 0. The number of nitrogens with two attached hydrogens (primary N) is 1. The van der Waals surface area contributed by atoms with Crippen LogP contribution in [0.4, 0.5) is 23.7 Å². The Balaban J connectivity index is 1.73. The molecular weight excluding hydrogens is 451 g/mol. The van der Waals surface area contributed by atoms with Crippen molar-refractivity contribution >= 4 is 22.7 Å². The summed E-state index contributed by atoms with van der Waals surface area (Å²) in [5, 5.41) is 8.75. The Morgan fingerprint density at radius 1 is 1.12 bits per heavy atom. The summed E-state index contributed by atoms with van der Waals surface area (Å²) in [4.78, 5) is 25.7. The van der Waals surface area contributed by atoms with Gasteiger partial charge in [0.2, 0.25) is 5.43 Å². The van der Waals surface area contributed by atoms with E-state index in [4.69, 9.17) is 10.8 Å². The highest BCUT2D eigenvalue weighted by molar-refractivity contribution is 5.86. The molecule has 2 aromatic carbocycles. The third-order valence-corrected chi connectivity index (χ3v) is 6.18. The highest BCUT2D eigenvalue weighted by atomic mass is 19.1. The quantitative estimate of drug-likeness (QED) is 0.568. The zero-order chi connectivity index (χ0) is 24.2. The predicted molar refractivity (Wildman–Crippen MR) is 119 cm³/mol. The molecule has 1 aliphatic heterocycles. The Kier molecular flexibility index (Phi) is 4.98. The van der Waals surface area contributed by atoms with Gasteiger partial charge in [0.25, 0.3) is 0 Å². The third-order valence-electron chi connectivity index (χ3n) is 6.18. The number of anilines is 1. The van der Waals surface area contributed by atoms with Gasteiger partial charge in [-0.05, 0) is 24.3 Å². The highest BCUT2D eigenvalue weighted by Crippen LogP contribution is 2.36. The van der Waals surface area contributed by atoms with Gasteiger partial charge in [-0.3, -0.25) is 4.79 Å². The fourth-order valence-corrected chi connectivity index (χ4v) is 4.55. The second kappa shape index (κ2) is 7.77.